The Balaban J connectivity index is 1.44. The highest BCUT2D eigenvalue weighted by Crippen LogP contribution is 2.16. The predicted molar refractivity (Wildman–Crippen MR) is 110 cm³/mol. The number of aryl methyl sites for hydroxylation is 2. The topological polar surface area (TPSA) is 63.1 Å². The summed E-state index contributed by atoms with van der Waals surface area (Å²) in [5.41, 5.74) is 4.48. The van der Waals surface area contributed by atoms with Crippen LogP contribution >= 0.6 is 0 Å². The summed E-state index contributed by atoms with van der Waals surface area (Å²) >= 11 is 0. The molecule has 1 N–H and O–H groups in total. The second-order valence-electron chi connectivity index (χ2n) is 7.38. The van der Waals surface area contributed by atoms with E-state index in [2.05, 4.69) is 26.4 Å². The predicted octanol–water partition coefficient (Wildman–Crippen LogP) is 3.73. The van der Waals surface area contributed by atoms with Crippen molar-refractivity contribution in [3.8, 4) is 5.82 Å². The molecule has 0 saturated carbocycles. The molecule has 1 saturated heterocycles. The molecule has 0 atom stereocenters. The summed E-state index contributed by atoms with van der Waals surface area (Å²) in [6, 6.07) is 13.6. The molecule has 1 aromatic carbocycles. The first-order valence-corrected chi connectivity index (χ1v) is 9.71. The molecular weight excluding hydrogens is 350 g/mol. The summed E-state index contributed by atoms with van der Waals surface area (Å²) in [5.74, 6) is 0.611. The Bertz CT molecular complexity index is 971. The van der Waals surface area contributed by atoms with E-state index in [1.807, 2.05) is 50.2 Å². The maximum absolute atomic E-state index is 12.6. The number of anilines is 1. The van der Waals surface area contributed by atoms with Crippen molar-refractivity contribution in [1.29, 1.82) is 0 Å². The zero-order valence-corrected chi connectivity index (χ0v) is 16.4. The smallest absolute Gasteiger partial charge is 0.255 e. The third-order valence-corrected chi connectivity index (χ3v) is 5.03. The lowest BCUT2D eigenvalue weighted by Gasteiger charge is -2.15. The van der Waals surface area contributed by atoms with Gasteiger partial charge in [0.25, 0.3) is 5.91 Å². The van der Waals surface area contributed by atoms with Crippen LogP contribution in [0, 0.1) is 13.8 Å². The monoisotopic (exact) mass is 375 g/mol. The van der Waals surface area contributed by atoms with Crippen LogP contribution in [-0.4, -0.2) is 38.7 Å². The molecular formula is C22H25N5O. The van der Waals surface area contributed by atoms with Crippen molar-refractivity contribution in [2.75, 3.05) is 18.4 Å². The average Bonchev–Trinajstić information content (AvgIpc) is 3.31. The maximum Gasteiger partial charge on any atom is 0.255 e. The number of hydrogen-bond acceptors (Lipinski definition) is 4. The second kappa shape index (κ2) is 7.94. The van der Waals surface area contributed by atoms with Gasteiger partial charge >= 0.3 is 0 Å². The molecule has 2 aromatic heterocycles. The Morgan fingerprint density at radius 2 is 1.93 bits per heavy atom. The molecule has 144 valence electrons. The number of hydrogen-bond donors (Lipinski definition) is 1. The van der Waals surface area contributed by atoms with Crippen molar-refractivity contribution in [1.82, 2.24) is 19.7 Å². The fourth-order valence-corrected chi connectivity index (χ4v) is 3.66. The van der Waals surface area contributed by atoms with E-state index in [0.717, 1.165) is 36.8 Å². The number of rotatable bonds is 5. The van der Waals surface area contributed by atoms with Gasteiger partial charge < -0.3 is 5.32 Å². The maximum atomic E-state index is 12.6. The van der Waals surface area contributed by atoms with Gasteiger partial charge in [0.15, 0.2) is 5.82 Å². The Morgan fingerprint density at radius 1 is 1.11 bits per heavy atom. The van der Waals surface area contributed by atoms with E-state index in [9.17, 15) is 4.79 Å². The normalized spacial score (nSPS) is 14.4. The van der Waals surface area contributed by atoms with Gasteiger partial charge in [-0.05, 0) is 75.7 Å². The number of benzene rings is 1. The van der Waals surface area contributed by atoms with Crippen LogP contribution in [0.15, 0.2) is 48.7 Å². The zero-order valence-electron chi connectivity index (χ0n) is 16.4. The number of aromatic nitrogens is 3. The summed E-state index contributed by atoms with van der Waals surface area (Å²) in [7, 11) is 0. The number of nitrogens with zero attached hydrogens (tertiary/aromatic N) is 4. The summed E-state index contributed by atoms with van der Waals surface area (Å²) in [6.45, 7) is 7.13. The van der Waals surface area contributed by atoms with Crippen molar-refractivity contribution in [2.24, 2.45) is 0 Å². The average molecular weight is 375 g/mol. The number of nitrogens with one attached hydrogen (secondary N) is 1. The minimum absolute atomic E-state index is 0.121. The van der Waals surface area contributed by atoms with E-state index in [-0.39, 0.29) is 5.91 Å². The Kier molecular flexibility index (Phi) is 5.21. The largest absolute Gasteiger partial charge is 0.321 e. The minimum Gasteiger partial charge on any atom is -0.321 e. The summed E-state index contributed by atoms with van der Waals surface area (Å²) < 4.78 is 1.79. The van der Waals surface area contributed by atoms with Gasteiger partial charge in [-0.15, -0.1) is 0 Å². The third-order valence-electron chi connectivity index (χ3n) is 5.03. The quantitative estimate of drug-likeness (QED) is 0.738. The van der Waals surface area contributed by atoms with E-state index < -0.39 is 0 Å². The van der Waals surface area contributed by atoms with Crippen LogP contribution < -0.4 is 5.32 Å². The molecule has 0 radical (unpaired) electrons. The highest BCUT2D eigenvalue weighted by atomic mass is 16.1. The summed E-state index contributed by atoms with van der Waals surface area (Å²) in [6.07, 6.45) is 4.19. The molecule has 4 rings (SSSR count). The van der Waals surface area contributed by atoms with Gasteiger partial charge in [0.05, 0.1) is 17.6 Å². The molecule has 28 heavy (non-hydrogen) atoms. The molecule has 1 aliphatic rings. The first-order chi connectivity index (χ1) is 13.6. The Hall–Kier alpha value is -2.99. The molecule has 1 aliphatic heterocycles. The molecule has 1 amide bonds. The molecule has 1 fully saturated rings. The summed E-state index contributed by atoms with van der Waals surface area (Å²) in [5, 5.41) is 7.37. The number of carbonyl (C=O) groups excluding carboxylic acids is 1. The summed E-state index contributed by atoms with van der Waals surface area (Å²) in [4.78, 5) is 19.5. The highest BCUT2D eigenvalue weighted by Gasteiger charge is 2.13. The third kappa shape index (κ3) is 4.12. The van der Waals surface area contributed by atoms with E-state index >= 15 is 0 Å². The van der Waals surface area contributed by atoms with Crippen LogP contribution in [0.2, 0.25) is 0 Å². The van der Waals surface area contributed by atoms with Gasteiger partial charge in [0.2, 0.25) is 0 Å². The molecule has 6 heteroatoms. The fraction of sp³-hybridized carbons (Fsp3) is 0.318. The number of amides is 1. The Morgan fingerprint density at radius 3 is 2.61 bits per heavy atom. The van der Waals surface area contributed by atoms with E-state index in [1.165, 1.54) is 18.4 Å². The van der Waals surface area contributed by atoms with Crippen molar-refractivity contribution in [2.45, 2.75) is 33.2 Å². The van der Waals surface area contributed by atoms with E-state index in [0.29, 0.717) is 11.3 Å². The number of carbonyl (C=O) groups is 1. The standard InChI is InChI=1S/C22H25N5O/c1-16-12-17(2)27(25-16)21-9-8-20(14-23-21)24-22(28)19-7-5-6-18(13-19)15-26-10-3-4-11-26/h5-9,12-14H,3-4,10-11,15H2,1-2H3,(H,24,28). The molecule has 0 unspecified atom stereocenters. The van der Waals surface area contributed by atoms with Gasteiger partial charge in [-0.2, -0.15) is 5.10 Å². The van der Waals surface area contributed by atoms with Gasteiger partial charge in [0, 0.05) is 17.8 Å². The molecule has 0 bridgehead atoms. The Labute approximate surface area is 165 Å². The van der Waals surface area contributed by atoms with Gasteiger partial charge in [-0.1, -0.05) is 12.1 Å². The lowest BCUT2D eigenvalue weighted by Crippen LogP contribution is -2.19. The van der Waals surface area contributed by atoms with Crippen molar-refractivity contribution >= 4 is 11.6 Å². The van der Waals surface area contributed by atoms with Gasteiger partial charge in [0.1, 0.15) is 0 Å². The fourth-order valence-electron chi connectivity index (χ4n) is 3.66. The van der Waals surface area contributed by atoms with Crippen LogP contribution in [0.1, 0.15) is 40.2 Å². The molecule has 3 heterocycles. The lowest BCUT2D eigenvalue weighted by molar-refractivity contribution is 0.102. The highest BCUT2D eigenvalue weighted by molar-refractivity contribution is 6.04. The molecule has 6 nitrogen and oxygen atoms in total. The van der Waals surface area contributed by atoms with E-state index in [1.54, 1.807) is 10.9 Å². The minimum atomic E-state index is -0.121. The van der Waals surface area contributed by atoms with Crippen LogP contribution in [0.25, 0.3) is 5.82 Å². The SMILES string of the molecule is Cc1cc(C)n(-c2ccc(NC(=O)c3cccc(CN4CCCC4)c3)cn2)n1. The molecule has 0 spiro atoms. The van der Waals surface area contributed by atoms with Crippen molar-refractivity contribution in [3.63, 3.8) is 0 Å². The first-order valence-electron chi connectivity index (χ1n) is 9.71. The van der Waals surface area contributed by atoms with Crippen LogP contribution in [0.4, 0.5) is 5.69 Å². The lowest BCUT2D eigenvalue weighted by atomic mass is 10.1. The van der Waals surface area contributed by atoms with Crippen LogP contribution in [0.3, 0.4) is 0 Å². The zero-order chi connectivity index (χ0) is 19.5. The first kappa shape index (κ1) is 18.4. The second-order valence-corrected chi connectivity index (χ2v) is 7.38. The number of pyridine rings is 1. The van der Waals surface area contributed by atoms with Crippen LogP contribution in [-0.2, 0) is 6.54 Å². The van der Waals surface area contributed by atoms with Crippen LogP contribution in [0.5, 0.6) is 0 Å². The number of likely N-dealkylation sites (tertiary alicyclic amines) is 1. The molecule has 3 aromatic rings. The van der Waals surface area contributed by atoms with E-state index in [4.69, 9.17) is 0 Å². The van der Waals surface area contributed by atoms with Gasteiger partial charge in [-0.25, -0.2) is 9.67 Å². The van der Waals surface area contributed by atoms with Gasteiger partial charge in [-0.3, -0.25) is 9.69 Å². The van der Waals surface area contributed by atoms with Crippen molar-refractivity contribution < 1.29 is 4.79 Å². The van der Waals surface area contributed by atoms with Crippen molar-refractivity contribution in [3.05, 3.63) is 71.2 Å². The molecule has 0 aliphatic carbocycles.